The summed E-state index contributed by atoms with van der Waals surface area (Å²) in [5.74, 6) is 0.817. The van der Waals surface area contributed by atoms with Gasteiger partial charge in [-0.1, -0.05) is 12.1 Å². The number of rotatable bonds is 3. The molecule has 0 atom stereocenters. The van der Waals surface area contributed by atoms with Crippen molar-refractivity contribution >= 4 is 5.91 Å². The summed E-state index contributed by atoms with van der Waals surface area (Å²) in [5, 5.41) is 0. The van der Waals surface area contributed by atoms with Gasteiger partial charge in [-0.05, 0) is 26.0 Å². The highest BCUT2D eigenvalue weighted by atomic mass is 16.3. The second-order valence-electron chi connectivity index (χ2n) is 5.86. The smallest absolute Gasteiger partial charge is 0.253 e. The molecule has 0 aliphatic carbocycles. The van der Waals surface area contributed by atoms with E-state index < -0.39 is 0 Å². The van der Waals surface area contributed by atoms with Gasteiger partial charge in [0, 0.05) is 43.3 Å². The number of aromatic nitrogens is 1. The maximum atomic E-state index is 12.5. The van der Waals surface area contributed by atoms with Crippen molar-refractivity contribution in [3.8, 4) is 11.3 Å². The Balaban J connectivity index is 1.66. The third-order valence-corrected chi connectivity index (χ3v) is 4.18. The molecule has 1 aliphatic heterocycles. The second kappa shape index (κ2) is 6.32. The average molecular weight is 299 g/mol. The van der Waals surface area contributed by atoms with E-state index in [2.05, 4.69) is 23.7 Å². The molecular formula is C17H21N3O2. The van der Waals surface area contributed by atoms with Crippen molar-refractivity contribution in [1.82, 2.24) is 14.8 Å². The highest BCUT2D eigenvalue weighted by Crippen LogP contribution is 2.20. The van der Waals surface area contributed by atoms with E-state index in [1.807, 2.05) is 29.2 Å². The molecule has 0 saturated carbocycles. The maximum absolute atomic E-state index is 12.5. The Kier molecular flexibility index (Phi) is 4.24. The molecule has 1 fully saturated rings. The minimum absolute atomic E-state index is 0.104. The fourth-order valence-electron chi connectivity index (χ4n) is 2.76. The van der Waals surface area contributed by atoms with Crippen LogP contribution in [0.25, 0.3) is 11.3 Å². The molecule has 5 nitrogen and oxygen atoms in total. The standard InChI is InChI=1S/C17H21N3O2/c1-13(2)19-7-9-20(10-8-19)17(21)15-5-3-14(4-6-15)16-11-18-12-22-16/h3-6,11-13H,7-10H2,1-2H3. The topological polar surface area (TPSA) is 49.6 Å². The molecule has 5 heteroatoms. The number of nitrogens with zero attached hydrogens (tertiary/aromatic N) is 3. The van der Waals surface area contributed by atoms with Crippen LogP contribution in [0.4, 0.5) is 0 Å². The fourth-order valence-corrected chi connectivity index (χ4v) is 2.76. The molecule has 22 heavy (non-hydrogen) atoms. The number of hydrogen-bond acceptors (Lipinski definition) is 4. The lowest BCUT2D eigenvalue weighted by molar-refractivity contribution is 0.0595. The van der Waals surface area contributed by atoms with Gasteiger partial charge < -0.3 is 9.32 Å². The van der Waals surface area contributed by atoms with Crippen molar-refractivity contribution in [2.45, 2.75) is 19.9 Å². The van der Waals surface area contributed by atoms with E-state index in [9.17, 15) is 4.79 Å². The molecule has 2 aromatic rings. The van der Waals surface area contributed by atoms with E-state index in [0.717, 1.165) is 37.3 Å². The molecule has 116 valence electrons. The van der Waals surface area contributed by atoms with Gasteiger partial charge in [0.25, 0.3) is 5.91 Å². The summed E-state index contributed by atoms with van der Waals surface area (Å²) >= 11 is 0. The van der Waals surface area contributed by atoms with Crippen LogP contribution in [0.3, 0.4) is 0 Å². The average Bonchev–Trinajstić information content (AvgIpc) is 3.09. The largest absolute Gasteiger partial charge is 0.444 e. The summed E-state index contributed by atoms with van der Waals surface area (Å²) in [6.07, 6.45) is 3.07. The number of carbonyl (C=O) groups excluding carboxylic acids is 1. The molecule has 1 aromatic heterocycles. The first-order valence-electron chi connectivity index (χ1n) is 7.67. The Hall–Kier alpha value is -2.14. The van der Waals surface area contributed by atoms with E-state index in [4.69, 9.17) is 4.42 Å². The van der Waals surface area contributed by atoms with Gasteiger partial charge in [0.15, 0.2) is 12.2 Å². The van der Waals surface area contributed by atoms with Crippen LogP contribution in [0, 0.1) is 0 Å². The summed E-state index contributed by atoms with van der Waals surface area (Å²) in [6, 6.07) is 8.05. The van der Waals surface area contributed by atoms with Crippen LogP contribution in [0.15, 0.2) is 41.3 Å². The maximum Gasteiger partial charge on any atom is 0.253 e. The summed E-state index contributed by atoms with van der Waals surface area (Å²) in [4.78, 5) is 20.8. The van der Waals surface area contributed by atoms with Crippen LogP contribution in [0.1, 0.15) is 24.2 Å². The van der Waals surface area contributed by atoms with Crippen LogP contribution in [-0.4, -0.2) is 52.9 Å². The van der Waals surface area contributed by atoms with Gasteiger partial charge in [-0.2, -0.15) is 0 Å². The van der Waals surface area contributed by atoms with Crippen molar-refractivity contribution in [1.29, 1.82) is 0 Å². The zero-order valence-corrected chi connectivity index (χ0v) is 13.0. The summed E-state index contributed by atoms with van der Waals surface area (Å²) < 4.78 is 5.26. The van der Waals surface area contributed by atoms with Gasteiger partial charge in [0.2, 0.25) is 0 Å². The minimum Gasteiger partial charge on any atom is -0.444 e. The summed E-state index contributed by atoms with van der Waals surface area (Å²) in [7, 11) is 0. The number of oxazole rings is 1. The number of piperazine rings is 1. The Morgan fingerprint density at radius 3 is 2.36 bits per heavy atom. The molecule has 0 N–H and O–H groups in total. The second-order valence-corrected chi connectivity index (χ2v) is 5.86. The van der Waals surface area contributed by atoms with E-state index in [1.54, 1.807) is 6.20 Å². The van der Waals surface area contributed by atoms with Gasteiger partial charge in [-0.25, -0.2) is 4.98 Å². The lowest BCUT2D eigenvalue weighted by Gasteiger charge is -2.37. The zero-order valence-electron chi connectivity index (χ0n) is 13.0. The monoisotopic (exact) mass is 299 g/mol. The van der Waals surface area contributed by atoms with Crippen molar-refractivity contribution in [3.05, 3.63) is 42.4 Å². The predicted octanol–water partition coefficient (Wildman–Crippen LogP) is 2.51. The van der Waals surface area contributed by atoms with Gasteiger partial charge in [0.1, 0.15) is 0 Å². The molecule has 0 unspecified atom stereocenters. The fraction of sp³-hybridized carbons (Fsp3) is 0.412. The van der Waals surface area contributed by atoms with Gasteiger partial charge >= 0.3 is 0 Å². The summed E-state index contributed by atoms with van der Waals surface area (Å²) in [5.41, 5.74) is 1.65. The third-order valence-electron chi connectivity index (χ3n) is 4.18. The zero-order chi connectivity index (χ0) is 15.5. The highest BCUT2D eigenvalue weighted by molar-refractivity contribution is 5.94. The quantitative estimate of drug-likeness (QED) is 0.874. The van der Waals surface area contributed by atoms with Crippen LogP contribution in [0.2, 0.25) is 0 Å². The molecular weight excluding hydrogens is 278 g/mol. The molecule has 1 aliphatic rings. The molecule has 1 saturated heterocycles. The van der Waals surface area contributed by atoms with Crippen molar-refractivity contribution in [2.24, 2.45) is 0 Å². The Labute approximate surface area is 130 Å². The number of amides is 1. The van der Waals surface area contributed by atoms with E-state index in [-0.39, 0.29) is 5.91 Å². The molecule has 1 amide bonds. The van der Waals surface area contributed by atoms with E-state index >= 15 is 0 Å². The molecule has 0 bridgehead atoms. The highest BCUT2D eigenvalue weighted by Gasteiger charge is 2.23. The number of hydrogen-bond donors (Lipinski definition) is 0. The van der Waals surface area contributed by atoms with Crippen LogP contribution in [-0.2, 0) is 0 Å². The number of carbonyl (C=O) groups is 1. The van der Waals surface area contributed by atoms with E-state index in [0.29, 0.717) is 11.8 Å². The molecule has 0 spiro atoms. The normalized spacial score (nSPS) is 16.2. The third kappa shape index (κ3) is 3.04. The van der Waals surface area contributed by atoms with Gasteiger partial charge in [-0.15, -0.1) is 0 Å². The first kappa shape index (κ1) is 14.8. The molecule has 3 rings (SSSR count). The SMILES string of the molecule is CC(C)N1CCN(C(=O)c2ccc(-c3cnco3)cc2)CC1. The number of benzene rings is 1. The summed E-state index contributed by atoms with van der Waals surface area (Å²) in [6.45, 7) is 7.86. The molecule has 2 heterocycles. The predicted molar refractivity (Wildman–Crippen MR) is 84.6 cm³/mol. The van der Waals surface area contributed by atoms with Crippen LogP contribution >= 0.6 is 0 Å². The van der Waals surface area contributed by atoms with Crippen LogP contribution in [0.5, 0.6) is 0 Å². The van der Waals surface area contributed by atoms with Gasteiger partial charge in [0.05, 0.1) is 6.20 Å². The Bertz CT molecular complexity index is 612. The Morgan fingerprint density at radius 1 is 1.14 bits per heavy atom. The lowest BCUT2D eigenvalue weighted by atomic mass is 10.1. The van der Waals surface area contributed by atoms with Crippen molar-refractivity contribution in [2.75, 3.05) is 26.2 Å². The molecule has 0 radical (unpaired) electrons. The lowest BCUT2D eigenvalue weighted by Crippen LogP contribution is -2.50. The minimum atomic E-state index is 0.104. The van der Waals surface area contributed by atoms with Crippen LogP contribution < -0.4 is 0 Å². The van der Waals surface area contributed by atoms with Crippen molar-refractivity contribution < 1.29 is 9.21 Å². The van der Waals surface area contributed by atoms with E-state index in [1.165, 1.54) is 6.39 Å². The van der Waals surface area contributed by atoms with Crippen molar-refractivity contribution in [3.63, 3.8) is 0 Å². The molecule has 1 aromatic carbocycles. The Morgan fingerprint density at radius 2 is 1.82 bits per heavy atom. The van der Waals surface area contributed by atoms with Gasteiger partial charge in [-0.3, -0.25) is 9.69 Å². The first-order valence-corrected chi connectivity index (χ1v) is 7.67. The first-order chi connectivity index (χ1) is 10.6.